The first-order valence-electron chi connectivity index (χ1n) is 4.83. The van der Waals surface area contributed by atoms with E-state index in [4.69, 9.17) is 12.2 Å². The van der Waals surface area contributed by atoms with Crippen molar-refractivity contribution in [3.8, 4) is 0 Å². The van der Waals surface area contributed by atoms with E-state index in [1.165, 1.54) is 6.07 Å². The van der Waals surface area contributed by atoms with Crippen LogP contribution in [0.15, 0.2) is 18.2 Å². The van der Waals surface area contributed by atoms with E-state index in [1.54, 1.807) is 6.92 Å². The highest BCUT2D eigenvalue weighted by atomic mass is 32.1. The van der Waals surface area contributed by atoms with Crippen LogP contribution in [0.5, 0.6) is 0 Å². The Hall–Kier alpha value is -1.76. The smallest absolute Gasteiger partial charge is 0.238 e. The van der Waals surface area contributed by atoms with Crippen molar-refractivity contribution in [2.75, 3.05) is 5.32 Å². The van der Waals surface area contributed by atoms with E-state index < -0.39 is 11.6 Å². The summed E-state index contributed by atoms with van der Waals surface area (Å²) in [5, 5.41) is 2.49. The van der Waals surface area contributed by atoms with Gasteiger partial charge in [0.2, 0.25) is 5.91 Å². The molecule has 0 bridgehead atoms. The zero-order valence-corrected chi connectivity index (χ0v) is 9.83. The van der Waals surface area contributed by atoms with Crippen molar-refractivity contribution in [1.29, 1.82) is 0 Å². The fraction of sp³-hybridized carbons (Fsp3) is 0.200. The summed E-state index contributed by atoms with van der Waals surface area (Å²) < 4.78 is 25.8. The number of carbonyl (C=O) groups excluding carboxylic acids is 1. The molecule has 0 aliphatic rings. The number of halogens is 2. The minimum Gasteiger partial charge on any atom is -0.329 e. The molecule has 0 saturated heterocycles. The van der Waals surface area contributed by atoms with Crippen molar-refractivity contribution in [3.63, 3.8) is 0 Å². The van der Waals surface area contributed by atoms with Gasteiger partial charge in [-0.25, -0.2) is 8.78 Å². The molecule has 92 valence electrons. The molecular formula is C10H11F2N3OS. The number of amides is 1. The van der Waals surface area contributed by atoms with Gasteiger partial charge in [0, 0.05) is 12.5 Å². The number of benzene rings is 1. The number of nitrogens with one attached hydrogen (secondary N) is 3. The standard InChI is InChI=1S/C10H11F2N3OS/c1-2-9(16)14-15-10(17)13-8-4-3-6(11)5-7(8)12/h3-5H,2H2,1H3,(H,14,16)(H2,13,15,17). The highest BCUT2D eigenvalue weighted by molar-refractivity contribution is 7.80. The Balaban J connectivity index is 2.53. The molecule has 1 amide bonds. The largest absolute Gasteiger partial charge is 0.329 e. The summed E-state index contributed by atoms with van der Waals surface area (Å²) in [5.41, 5.74) is 4.70. The molecular weight excluding hydrogens is 248 g/mol. The summed E-state index contributed by atoms with van der Waals surface area (Å²) in [5.74, 6) is -1.70. The SMILES string of the molecule is CCC(=O)NNC(=S)Nc1ccc(F)cc1F. The van der Waals surface area contributed by atoms with Gasteiger partial charge in [-0.15, -0.1) is 0 Å². The van der Waals surface area contributed by atoms with Crippen LogP contribution in [0.25, 0.3) is 0 Å². The molecule has 7 heteroatoms. The second-order valence-corrected chi connectivity index (χ2v) is 3.51. The Labute approximate surface area is 102 Å². The Morgan fingerprint density at radius 2 is 2.06 bits per heavy atom. The minimum absolute atomic E-state index is 0.0114. The van der Waals surface area contributed by atoms with Gasteiger partial charge in [-0.1, -0.05) is 6.92 Å². The van der Waals surface area contributed by atoms with Gasteiger partial charge in [-0.05, 0) is 24.4 Å². The van der Waals surface area contributed by atoms with E-state index in [1.807, 2.05) is 0 Å². The Bertz CT molecular complexity index is 440. The zero-order chi connectivity index (χ0) is 12.8. The average molecular weight is 259 g/mol. The van der Waals surface area contributed by atoms with Crippen LogP contribution in [-0.4, -0.2) is 11.0 Å². The third-order valence-corrected chi connectivity index (χ3v) is 2.02. The molecule has 1 aromatic carbocycles. The molecule has 0 spiro atoms. The second kappa shape index (κ2) is 6.09. The molecule has 0 unspecified atom stereocenters. The lowest BCUT2D eigenvalue weighted by Crippen LogP contribution is -2.43. The maximum absolute atomic E-state index is 13.2. The lowest BCUT2D eigenvalue weighted by molar-refractivity contribution is -0.121. The fourth-order valence-electron chi connectivity index (χ4n) is 0.959. The molecule has 0 atom stereocenters. The van der Waals surface area contributed by atoms with Crippen molar-refractivity contribution in [3.05, 3.63) is 29.8 Å². The zero-order valence-electron chi connectivity index (χ0n) is 9.01. The van der Waals surface area contributed by atoms with E-state index in [0.29, 0.717) is 6.42 Å². The molecule has 0 aliphatic carbocycles. The average Bonchev–Trinajstić information content (AvgIpc) is 2.29. The Kier molecular flexibility index (Phi) is 4.77. The Morgan fingerprint density at radius 3 is 2.65 bits per heavy atom. The number of anilines is 1. The number of carbonyl (C=O) groups is 1. The van der Waals surface area contributed by atoms with Gasteiger partial charge in [-0.3, -0.25) is 15.6 Å². The van der Waals surface area contributed by atoms with Crippen LogP contribution >= 0.6 is 12.2 Å². The summed E-state index contributed by atoms with van der Waals surface area (Å²) in [6.07, 6.45) is 0.292. The molecule has 1 aromatic rings. The van der Waals surface area contributed by atoms with Crippen LogP contribution in [0.1, 0.15) is 13.3 Å². The number of hydrogen-bond acceptors (Lipinski definition) is 2. The van der Waals surface area contributed by atoms with E-state index in [9.17, 15) is 13.6 Å². The van der Waals surface area contributed by atoms with Crippen LogP contribution in [-0.2, 0) is 4.79 Å². The predicted octanol–water partition coefficient (Wildman–Crippen LogP) is 1.69. The molecule has 3 N–H and O–H groups in total. The molecule has 4 nitrogen and oxygen atoms in total. The first kappa shape index (κ1) is 13.3. The van der Waals surface area contributed by atoms with E-state index in [-0.39, 0.29) is 16.7 Å². The van der Waals surface area contributed by atoms with Crippen molar-refractivity contribution >= 4 is 28.9 Å². The van der Waals surface area contributed by atoms with Crippen LogP contribution < -0.4 is 16.2 Å². The van der Waals surface area contributed by atoms with Gasteiger partial charge in [0.1, 0.15) is 11.6 Å². The fourth-order valence-corrected chi connectivity index (χ4v) is 1.12. The molecule has 0 fully saturated rings. The molecule has 0 radical (unpaired) electrons. The number of thiocarbonyl (C=S) groups is 1. The van der Waals surface area contributed by atoms with Gasteiger partial charge < -0.3 is 5.32 Å². The van der Waals surface area contributed by atoms with Crippen LogP contribution in [0, 0.1) is 11.6 Å². The maximum atomic E-state index is 13.2. The number of hydrazine groups is 1. The van der Waals surface area contributed by atoms with E-state index in [0.717, 1.165) is 12.1 Å². The molecule has 17 heavy (non-hydrogen) atoms. The summed E-state index contributed by atoms with van der Waals surface area (Å²) in [4.78, 5) is 10.9. The number of hydrogen-bond donors (Lipinski definition) is 3. The van der Waals surface area contributed by atoms with Crippen molar-refractivity contribution in [1.82, 2.24) is 10.9 Å². The molecule has 0 aromatic heterocycles. The highest BCUT2D eigenvalue weighted by Gasteiger charge is 2.05. The monoisotopic (exact) mass is 259 g/mol. The lowest BCUT2D eigenvalue weighted by Gasteiger charge is -2.11. The summed E-state index contributed by atoms with van der Waals surface area (Å²) in [7, 11) is 0. The molecule has 0 saturated carbocycles. The summed E-state index contributed by atoms with van der Waals surface area (Å²) in [6.45, 7) is 1.67. The number of rotatable bonds is 2. The second-order valence-electron chi connectivity index (χ2n) is 3.11. The normalized spacial score (nSPS) is 9.59. The van der Waals surface area contributed by atoms with Crippen molar-refractivity contribution in [2.24, 2.45) is 0 Å². The van der Waals surface area contributed by atoms with E-state index in [2.05, 4.69) is 16.2 Å². The molecule has 0 aliphatic heterocycles. The predicted molar refractivity (Wildman–Crippen MR) is 64.1 cm³/mol. The van der Waals surface area contributed by atoms with Crippen LogP contribution in [0.3, 0.4) is 0 Å². The van der Waals surface area contributed by atoms with Crippen LogP contribution in [0.2, 0.25) is 0 Å². The van der Waals surface area contributed by atoms with Crippen molar-refractivity contribution in [2.45, 2.75) is 13.3 Å². The van der Waals surface area contributed by atoms with E-state index >= 15 is 0 Å². The minimum atomic E-state index is -0.768. The van der Waals surface area contributed by atoms with Crippen LogP contribution in [0.4, 0.5) is 14.5 Å². The third-order valence-electron chi connectivity index (χ3n) is 1.82. The topological polar surface area (TPSA) is 53.2 Å². The van der Waals surface area contributed by atoms with Gasteiger partial charge in [-0.2, -0.15) is 0 Å². The van der Waals surface area contributed by atoms with Gasteiger partial charge >= 0.3 is 0 Å². The van der Waals surface area contributed by atoms with Gasteiger partial charge in [0.05, 0.1) is 5.69 Å². The molecule has 1 rings (SSSR count). The van der Waals surface area contributed by atoms with Gasteiger partial charge in [0.15, 0.2) is 5.11 Å². The highest BCUT2D eigenvalue weighted by Crippen LogP contribution is 2.14. The Morgan fingerprint density at radius 1 is 1.35 bits per heavy atom. The summed E-state index contributed by atoms with van der Waals surface area (Å²) >= 11 is 4.80. The third kappa shape index (κ3) is 4.31. The first-order chi connectivity index (χ1) is 8.02. The lowest BCUT2D eigenvalue weighted by atomic mass is 10.3. The van der Waals surface area contributed by atoms with Crippen molar-refractivity contribution < 1.29 is 13.6 Å². The summed E-state index contributed by atoms with van der Waals surface area (Å²) in [6, 6.07) is 3.04. The quantitative estimate of drug-likeness (QED) is 0.559. The van der Waals surface area contributed by atoms with Gasteiger partial charge in [0.25, 0.3) is 0 Å². The first-order valence-corrected chi connectivity index (χ1v) is 5.24. The molecule has 0 heterocycles. The maximum Gasteiger partial charge on any atom is 0.238 e.